The lowest BCUT2D eigenvalue weighted by atomic mass is 10.0. The second-order valence-corrected chi connectivity index (χ2v) is 5.91. The largest absolute Gasteiger partial charge is 0.452 e. The maximum atomic E-state index is 12.3. The second kappa shape index (κ2) is 10.1. The molecule has 1 amide bonds. The van der Waals surface area contributed by atoms with Crippen molar-refractivity contribution in [2.45, 2.75) is 26.2 Å². The van der Waals surface area contributed by atoms with Crippen molar-refractivity contribution in [2.24, 2.45) is 0 Å². The van der Waals surface area contributed by atoms with E-state index >= 15 is 0 Å². The summed E-state index contributed by atoms with van der Waals surface area (Å²) in [6, 6.07) is 15.1. The van der Waals surface area contributed by atoms with Crippen molar-refractivity contribution in [3.8, 4) is 0 Å². The quantitative estimate of drug-likeness (QED) is 0.426. The summed E-state index contributed by atoms with van der Waals surface area (Å²) >= 11 is 0. The number of benzene rings is 2. The number of amides is 1. The predicted octanol–water partition coefficient (Wildman–Crippen LogP) is 3.38. The van der Waals surface area contributed by atoms with Crippen molar-refractivity contribution >= 4 is 17.7 Å². The number of rotatable bonds is 9. The van der Waals surface area contributed by atoms with Gasteiger partial charge in [0.25, 0.3) is 5.91 Å². The number of ether oxygens (including phenoxy) is 1. The molecule has 0 aromatic heterocycles. The van der Waals surface area contributed by atoms with Crippen molar-refractivity contribution in [3.63, 3.8) is 0 Å². The predicted molar refractivity (Wildman–Crippen MR) is 99.1 cm³/mol. The van der Waals surface area contributed by atoms with Crippen LogP contribution < -0.4 is 5.32 Å². The Hall–Kier alpha value is -2.95. The molecule has 136 valence electrons. The molecule has 0 fully saturated rings. The summed E-state index contributed by atoms with van der Waals surface area (Å²) in [6.45, 7) is 2.36. The van der Waals surface area contributed by atoms with Crippen LogP contribution in [-0.4, -0.2) is 30.8 Å². The fraction of sp³-hybridized carbons (Fsp3) is 0.286. The van der Waals surface area contributed by atoms with Crippen LogP contribution in [0.1, 0.15) is 52.5 Å². The van der Waals surface area contributed by atoms with Crippen molar-refractivity contribution in [1.29, 1.82) is 0 Å². The van der Waals surface area contributed by atoms with Crippen LogP contribution in [0, 0.1) is 0 Å². The topological polar surface area (TPSA) is 72.5 Å². The molecule has 0 aliphatic heterocycles. The molecule has 0 aliphatic carbocycles. The highest BCUT2D eigenvalue weighted by atomic mass is 16.5. The molecule has 5 heteroatoms. The van der Waals surface area contributed by atoms with Crippen molar-refractivity contribution < 1.29 is 19.1 Å². The molecule has 0 atom stereocenters. The third kappa shape index (κ3) is 5.84. The van der Waals surface area contributed by atoms with Gasteiger partial charge in [0.1, 0.15) is 0 Å². The normalized spacial score (nSPS) is 10.2. The smallest absolute Gasteiger partial charge is 0.338 e. The van der Waals surface area contributed by atoms with E-state index in [4.69, 9.17) is 4.74 Å². The van der Waals surface area contributed by atoms with Crippen LogP contribution in [0.15, 0.2) is 54.6 Å². The Balaban J connectivity index is 1.85. The van der Waals surface area contributed by atoms with Crippen LogP contribution in [0.3, 0.4) is 0 Å². The molecule has 0 heterocycles. The van der Waals surface area contributed by atoms with Gasteiger partial charge in [-0.25, -0.2) is 4.79 Å². The van der Waals surface area contributed by atoms with Gasteiger partial charge in [0.05, 0.1) is 5.56 Å². The Kier molecular flexibility index (Phi) is 7.55. The highest BCUT2D eigenvalue weighted by Crippen LogP contribution is 2.11. The van der Waals surface area contributed by atoms with E-state index in [1.807, 2.05) is 6.07 Å². The number of esters is 1. The van der Waals surface area contributed by atoms with Gasteiger partial charge < -0.3 is 10.1 Å². The summed E-state index contributed by atoms with van der Waals surface area (Å²) in [5.74, 6) is -1.02. The summed E-state index contributed by atoms with van der Waals surface area (Å²) < 4.78 is 5.00. The van der Waals surface area contributed by atoms with E-state index in [1.165, 1.54) is 12.1 Å². The maximum absolute atomic E-state index is 12.3. The van der Waals surface area contributed by atoms with Crippen LogP contribution in [0.25, 0.3) is 0 Å². The summed E-state index contributed by atoms with van der Waals surface area (Å²) in [4.78, 5) is 35.9. The number of nitrogens with one attached hydrogen (secondary N) is 1. The summed E-state index contributed by atoms with van der Waals surface area (Å²) in [6.07, 6.45) is 3.04. The minimum absolute atomic E-state index is 0.114. The highest BCUT2D eigenvalue weighted by Gasteiger charge is 2.12. The molecule has 2 rings (SSSR count). The molecule has 0 saturated carbocycles. The first-order chi connectivity index (χ1) is 12.6. The number of carbonyl (C=O) groups excluding carboxylic acids is 3. The summed E-state index contributed by atoms with van der Waals surface area (Å²) in [5, 5.41) is 2.71. The summed E-state index contributed by atoms with van der Waals surface area (Å²) in [5.41, 5.74) is 1.37. The molecule has 0 radical (unpaired) electrons. The van der Waals surface area contributed by atoms with E-state index in [9.17, 15) is 14.4 Å². The molecule has 1 N–H and O–H groups in total. The van der Waals surface area contributed by atoms with E-state index in [2.05, 4.69) is 12.2 Å². The van der Waals surface area contributed by atoms with Crippen LogP contribution in [0.4, 0.5) is 0 Å². The van der Waals surface area contributed by atoms with Crippen molar-refractivity contribution in [3.05, 3.63) is 71.3 Å². The van der Waals surface area contributed by atoms with Crippen LogP contribution >= 0.6 is 0 Å². The molecule has 0 spiro atoms. The SMILES string of the molecule is CCCCCNC(=O)COC(=O)c1ccc(C(=O)c2ccccc2)cc1. The number of ketones is 1. The average molecular weight is 353 g/mol. The first-order valence-electron chi connectivity index (χ1n) is 8.75. The number of unbranched alkanes of at least 4 members (excludes halogenated alkanes) is 2. The van der Waals surface area contributed by atoms with Crippen LogP contribution in [0.2, 0.25) is 0 Å². The molecule has 2 aromatic rings. The molecule has 0 aliphatic rings. The number of hydrogen-bond acceptors (Lipinski definition) is 4. The monoisotopic (exact) mass is 353 g/mol. The van der Waals surface area contributed by atoms with E-state index in [0.717, 1.165) is 19.3 Å². The number of hydrogen-bond donors (Lipinski definition) is 1. The zero-order chi connectivity index (χ0) is 18.8. The fourth-order valence-corrected chi connectivity index (χ4v) is 2.38. The first kappa shape index (κ1) is 19.4. The Morgan fingerprint density at radius 3 is 2.12 bits per heavy atom. The lowest BCUT2D eigenvalue weighted by Gasteiger charge is -2.07. The number of carbonyl (C=O) groups is 3. The standard InChI is InChI=1S/C21H23NO4/c1-2-3-7-14-22-19(23)15-26-21(25)18-12-10-17(11-13-18)20(24)16-8-5-4-6-9-16/h4-6,8-13H,2-3,7,14-15H2,1H3,(H,22,23). The Morgan fingerprint density at radius 1 is 0.846 bits per heavy atom. The van der Waals surface area contributed by atoms with Crippen molar-refractivity contribution in [2.75, 3.05) is 13.2 Å². The zero-order valence-corrected chi connectivity index (χ0v) is 14.9. The van der Waals surface area contributed by atoms with Gasteiger partial charge in [0.2, 0.25) is 0 Å². The van der Waals surface area contributed by atoms with Gasteiger partial charge in [0, 0.05) is 17.7 Å². The van der Waals surface area contributed by atoms with Gasteiger partial charge >= 0.3 is 5.97 Å². The third-order valence-electron chi connectivity index (χ3n) is 3.86. The van der Waals surface area contributed by atoms with Crippen molar-refractivity contribution in [1.82, 2.24) is 5.32 Å². The summed E-state index contributed by atoms with van der Waals surface area (Å²) in [7, 11) is 0. The Labute approximate surface area is 153 Å². The van der Waals surface area contributed by atoms with Gasteiger partial charge in [-0.05, 0) is 18.6 Å². The van der Waals surface area contributed by atoms with E-state index < -0.39 is 5.97 Å². The molecule has 26 heavy (non-hydrogen) atoms. The molecule has 0 saturated heterocycles. The molecular formula is C21H23NO4. The third-order valence-corrected chi connectivity index (χ3v) is 3.86. The van der Waals surface area contributed by atoms with Gasteiger partial charge in [-0.2, -0.15) is 0 Å². The highest BCUT2D eigenvalue weighted by molar-refractivity contribution is 6.09. The molecule has 0 unspecified atom stereocenters. The molecular weight excluding hydrogens is 330 g/mol. The van der Waals surface area contributed by atoms with Gasteiger partial charge in [0.15, 0.2) is 12.4 Å². The van der Waals surface area contributed by atoms with Gasteiger partial charge in [-0.3, -0.25) is 9.59 Å². The lowest BCUT2D eigenvalue weighted by molar-refractivity contribution is -0.124. The fourth-order valence-electron chi connectivity index (χ4n) is 2.38. The van der Waals surface area contributed by atoms with Crippen LogP contribution in [0.5, 0.6) is 0 Å². The van der Waals surface area contributed by atoms with Gasteiger partial charge in [-0.15, -0.1) is 0 Å². The molecule has 2 aromatic carbocycles. The van der Waals surface area contributed by atoms with Crippen LogP contribution in [-0.2, 0) is 9.53 Å². The van der Waals surface area contributed by atoms with Gasteiger partial charge in [-0.1, -0.05) is 62.2 Å². The second-order valence-electron chi connectivity index (χ2n) is 5.91. The molecule has 0 bridgehead atoms. The van der Waals surface area contributed by atoms with E-state index in [1.54, 1.807) is 36.4 Å². The Morgan fingerprint density at radius 2 is 1.46 bits per heavy atom. The average Bonchev–Trinajstić information content (AvgIpc) is 2.69. The molecule has 5 nitrogen and oxygen atoms in total. The Bertz CT molecular complexity index is 738. The first-order valence-corrected chi connectivity index (χ1v) is 8.75. The lowest BCUT2D eigenvalue weighted by Crippen LogP contribution is -2.29. The zero-order valence-electron chi connectivity index (χ0n) is 14.9. The van der Waals surface area contributed by atoms with E-state index in [-0.39, 0.29) is 18.3 Å². The van der Waals surface area contributed by atoms with E-state index in [0.29, 0.717) is 23.2 Å². The minimum Gasteiger partial charge on any atom is -0.452 e. The minimum atomic E-state index is -0.590. The maximum Gasteiger partial charge on any atom is 0.338 e.